The molecule has 0 radical (unpaired) electrons. The Hall–Kier alpha value is -3.45. The van der Waals surface area contributed by atoms with E-state index in [4.69, 9.17) is 11.6 Å². The van der Waals surface area contributed by atoms with Crippen LogP contribution in [0.2, 0.25) is 5.02 Å². The fourth-order valence-corrected chi connectivity index (χ4v) is 2.71. The number of fused-ring (bicyclic) bond motifs is 1. The molecule has 7 nitrogen and oxygen atoms in total. The summed E-state index contributed by atoms with van der Waals surface area (Å²) < 4.78 is 2.59. The average molecular weight is 366 g/mol. The van der Waals surface area contributed by atoms with Crippen LogP contribution in [0.3, 0.4) is 0 Å². The zero-order valence-electron chi connectivity index (χ0n) is 13.3. The van der Waals surface area contributed by atoms with Crippen molar-refractivity contribution in [2.45, 2.75) is 0 Å². The summed E-state index contributed by atoms with van der Waals surface area (Å²) in [7, 11) is 0. The number of halogens is 1. The van der Waals surface area contributed by atoms with E-state index >= 15 is 0 Å². The van der Waals surface area contributed by atoms with Crippen molar-refractivity contribution in [1.82, 2.24) is 19.4 Å². The molecule has 0 bridgehead atoms. The van der Waals surface area contributed by atoms with Gasteiger partial charge in [-0.25, -0.2) is 14.3 Å². The van der Waals surface area contributed by atoms with E-state index in [2.05, 4.69) is 15.5 Å². The third-order valence-corrected chi connectivity index (χ3v) is 4.04. The van der Waals surface area contributed by atoms with Crippen LogP contribution in [-0.2, 0) is 0 Å². The zero-order valence-corrected chi connectivity index (χ0v) is 14.1. The number of nitrogens with one attached hydrogen (secondary N) is 1. The molecular formula is C18H12ClN5O2. The molecular weight excluding hydrogens is 354 g/mol. The number of aromatic nitrogens is 4. The lowest BCUT2D eigenvalue weighted by atomic mass is 10.2. The van der Waals surface area contributed by atoms with Crippen LogP contribution in [-0.4, -0.2) is 25.3 Å². The zero-order chi connectivity index (χ0) is 18.1. The van der Waals surface area contributed by atoms with Gasteiger partial charge in [0.15, 0.2) is 0 Å². The van der Waals surface area contributed by atoms with Gasteiger partial charge in [-0.15, -0.1) is 0 Å². The highest BCUT2D eigenvalue weighted by molar-refractivity contribution is 6.30. The third-order valence-electron chi connectivity index (χ3n) is 3.81. The lowest BCUT2D eigenvalue weighted by Crippen LogP contribution is -2.33. The van der Waals surface area contributed by atoms with Gasteiger partial charge in [0.05, 0.1) is 28.4 Å². The largest absolute Gasteiger partial charge is 0.280 e. The minimum absolute atomic E-state index is 0.296. The van der Waals surface area contributed by atoms with E-state index in [9.17, 15) is 9.59 Å². The van der Waals surface area contributed by atoms with Crippen molar-refractivity contribution >= 4 is 28.4 Å². The second-order valence-electron chi connectivity index (χ2n) is 5.53. The molecule has 4 aromatic rings. The smallest absolute Gasteiger partial charge is 0.267 e. The Morgan fingerprint density at radius 2 is 1.96 bits per heavy atom. The van der Waals surface area contributed by atoms with Crippen LogP contribution >= 0.6 is 11.6 Å². The molecule has 2 aromatic heterocycles. The van der Waals surface area contributed by atoms with E-state index in [1.54, 1.807) is 48.7 Å². The Bertz CT molecular complexity index is 1180. The summed E-state index contributed by atoms with van der Waals surface area (Å²) in [5, 5.41) is 5.15. The highest BCUT2D eigenvalue weighted by Crippen LogP contribution is 2.14. The molecule has 0 fully saturated rings. The molecule has 0 saturated carbocycles. The highest BCUT2D eigenvalue weighted by atomic mass is 35.5. The van der Waals surface area contributed by atoms with E-state index in [1.165, 1.54) is 17.2 Å². The number of nitrogens with zero attached hydrogens (tertiary/aromatic N) is 4. The summed E-state index contributed by atoms with van der Waals surface area (Å²) in [6.45, 7) is 0. The van der Waals surface area contributed by atoms with Gasteiger partial charge < -0.3 is 0 Å². The van der Waals surface area contributed by atoms with E-state index in [1.807, 2.05) is 6.07 Å². The molecule has 1 N–H and O–H groups in total. The SMILES string of the molecule is O=C(Nn1cnc2ccccc2c1=O)c1cnn(-c2cccc(Cl)c2)c1. The van der Waals surface area contributed by atoms with Gasteiger partial charge in [-0.3, -0.25) is 15.0 Å². The normalized spacial score (nSPS) is 10.8. The molecule has 1 amide bonds. The Kier molecular flexibility index (Phi) is 3.98. The number of hydrogen-bond acceptors (Lipinski definition) is 4. The molecule has 0 aliphatic heterocycles. The first-order valence-corrected chi connectivity index (χ1v) is 8.08. The molecule has 128 valence electrons. The fourth-order valence-electron chi connectivity index (χ4n) is 2.52. The minimum Gasteiger partial charge on any atom is -0.267 e. The Balaban J connectivity index is 1.61. The van der Waals surface area contributed by atoms with Crippen molar-refractivity contribution in [1.29, 1.82) is 0 Å². The Morgan fingerprint density at radius 1 is 1.12 bits per heavy atom. The van der Waals surface area contributed by atoms with Gasteiger partial charge in [0.2, 0.25) is 0 Å². The Labute approximate surface area is 152 Å². The quantitative estimate of drug-likeness (QED) is 0.605. The number of carbonyl (C=O) groups excluding carboxylic acids is 1. The number of hydrogen-bond donors (Lipinski definition) is 1. The summed E-state index contributed by atoms with van der Waals surface area (Å²) in [6, 6.07) is 14.0. The number of rotatable bonds is 3. The highest BCUT2D eigenvalue weighted by Gasteiger charge is 2.12. The summed E-state index contributed by atoms with van der Waals surface area (Å²) in [6.07, 6.45) is 4.25. The molecule has 2 aromatic carbocycles. The Morgan fingerprint density at radius 3 is 2.81 bits per heavy atom. The van der Waals surface area contributed by atoms with Gasteiger partial charge in [-0.2, -0.15) is 5.10 Å². The summed E-state index contributed by atoms with van der Waals surface area (Å²) in [5.41, 5.74) is 3.75. The second-order valence-corrected chi connectivity index (χ2v) is 5.97. The predicted octanol–water partition coefficient (Wildman–Crippen LogP) is 2.62. The minimum atomic E-state index is -0.475. The van der Waals surface area contributed by atoms with Crippen molar-refractivity contribution in [2.75, 3.05) is 5.43 Å². The van der Waals surface area contributed by atoms with Crippen LogP contribution in [0.5, 0.6) is 0 Å². The molecule has 0 aliphatic rings. The molecule has 0 aliphatic carbocycles. The predicted molar refractivity (Wildman–Crippen MR) is 98.3 cm³/mol. The van der Waals surface area contributed by atoms with E-state index in [-0.39, 0.29) is 5.56 Å². The first-order chi connectivity index (χ1) is 12.6. The summed E-state index contributed by atoms with van der Waals surface area (Å²) in [4.78, 5) is 29.0. The van der Waals surface area contributed by atoms with Gasteiger partial charge in [0.1, 0.15) is 6.33 Å². The molecule has 4 rings (SSSR count). The first kappa shape index (κ1) is 16.0. The van der Waals surface area contributed by atoms with Crippen LogP contribution in [0, 0.1) is 0 Å². The first-order valence-electron chi connectivity index (χ1n) is 7.70. The monoisotopic (exact) mass is 365 g/mol. The van der Waals surface area contributed by atoms with Gasteiger partial charge in [-0.1, -0.05) is 29.8 Å². The maximum atomic E-state index is 12.4. The van der Waals surface area contributed by atoms with E-state index in [0.29, 0.717) is 21.5 Å². The molecule has 8 heteroatoms. The van der Waals surface area contributed by atoms with Gasteiger partial charge >= 0.3 is 0 Å². The van der Waals surface area contributed by atoms with Crippen molar-refractivity contribution in [3.8, 4) is 5.69 Å². The molecule has 2 heterocycles. The average Bonchev–Trinajstić information content (AvgIpc) is 3.15. The lowest BCUT2D eigenvalue weighted by Gasteiger charge is -2.07. The molecule has 0 atom stereocenters. The van der Waals surface area contributed by atoms with E-state index in [0.717, 1.165) is 10.4 Å². The summed E-state index contributed by atoms with van der Waals surface area (Å²) in [5.74, 6) is -0.475. The van der Waals surface area contributed by atoms with Crippen LogP contribution in [0.25, 0.3) is 16.6 Å². The number of para-hydroxylation sites is 1. The van der Waals surface area contributed by atoms with Gasteiger partial charge in [0.25, 0.3) is 11.5 Å². The molecule has 0 unspecified atom stereocenters. The van der Waals surface area contributed by atoms with Crippen molar-refractivity contribution in [2.24, 2.45) is 0 Å². The molecule has 0 spiro atoms. The van der Waals surface area contributed by atoms with Crippen molar-refractivity contribution < 1.29 is 4.79 Å². The van der Waals surface area contributed by atoms with Crippen molar-refractivity contribution in [3.63, 3.8) is 0 Å². The second kappa shape index (κ2) is 6.45. The lowest BCUT2D eigenvalue weighted by molar-refractivity contribution is 0.101. The fraction of sp³-hybridized carbons (Fsp3) is 0. The van der Waals surface area contributed by atoms with Crippen LogP contribution in [0.15, 0.2) is 72.0 Å². The third kappa shape index (κ3) is 2.96. The summed E-state index contributed by atoms with van der Waals surface area (Å²) >= 11 is 5.97. The van der Waals surface area contributed by atoms with Crippen molar-refractivity contribution in [3.05, 3.63) is 88.2 Å². The van der Waals surface area contributed by atoms with E-state index < -0.39 is 5.91 Å². The van der Waals surface area contributed by atoms with Gasteiger partial charge in [0, 0.05) is 11.2 Å². The van der Waals surface area contributed by atoms with Crippen LogP contribution < -0.4 is 11.0 Å². The van der Waals surface area contributed by atoms with Gasteiger partial charge in [-0.05, 0) is 30.3 Å². The number of carbonyl (C=O) groups is 1. The number of amides is 1. The molecule has 0 saturated heterocycles. The topological polar surface area (TPSA) is 81.8 Å². The van der Waals surface area contributed by atoms with Crippen LogP contribution in [0.4, 0.5) is 0 Å². The standard InChI is InChI=1S/C18H12ClN5O2/c19-13-4-3-5-14(8-13)23-10-12(9-21-23)17(25)22-24-11-20-16-7-2-1-6-15(16)18(24)26/h1-11H,(H,22,25). The maximum absolute atomic E-state index is 12.4. The number of benzene rings is 2. The maximum Gasteiger partial charge on any atom is 0.280 e. The van der Waals surface area contributed by atoms with Crippen LogP contribution in [0.1, 0.15) is 10.4 Å². The molecule has 26 heavy (non-hydrogen) atoms.